The molecule has 0 bridgehead atoms. The lowest BCUT2D eigenvalue weighted by molar-refractivity contribution is 0.229. The fourth-order valence-corrected chi connectivity index (χ4v) is 5.57. The first kappa shape index (κ1) is 21.1. The second kappa shape index (κ2) is 8.94. The van der Waals surface area contributed by atoms with E-state index in [1.54, 1.807) is 4.88 Å². The van der Waals surface area contributed by atoms with Crippen molar-refractivity contribution in [1.29, 1.82) is 0 Å². The molecule has 1 aromatic carbocycles. The molecule has 0 saturated heterocycles. The maximum absolute atomic E-state index is 12.5. The summed E-state index contributed by atoms with van der Waals surface area (Å²) in [5.74, 6) is 1.56. The van der Waals surface area contributed by atoms with Crippen LogP contribution in [0.4, 0.5) is 4.79 Å². The molecule has 160 valence electrons. The van der Waals surface area contributed by atoms with Crippen LogP contribution in [0.15, 0.2) is 35.7 Å². The van der Waals surface area contributed by atoms with Crippen molar-refractivity contribution in [1.82, 2.24) is 15.5 Å². The number of carbonyl (C=O) groups excluding carboxylic acids is 1. The van der Waals surface area contributed by atoms with Gasteiger partial charge in [-0.1, -0.05) is 42.0 Å². The summed E-state index contributed by atoms with van der Waals surface area (Å²) in [7, 11) is 4.14. The summed E-state index contributed by atoms with van der Waals surface area (Å²) in [6, 6.07) is 8.91. The molecule has 0 aliphatic heterocycles. The van der Waals surface area contributed by atoms with Gasteiger partial charge in [0.1, 0.15) is 0 Å². The summed E-state index contributed by atoms with van der Waals surface area (Å²) in [6.45, 7) is 4.82. The molecule has 2 N–H and O–H groups in total. The van der Waals surface area contributed by atoms with Crippen molar-refractivity contribution in [3.05, 3.63) is 62.9 Å². The molecule has 1 heterocycles. The number of urea groups is 1. The fourth-order valence-electron chi connectivity index (χ4n) is 4.30. The third kappa shape index (κ3) is 4.96. The van der Waals surface area contributed by atoms with Crippen LogP contribution in [0, 0.1) is 12.8 Å². The first-order valence-electron chi connectivity index (χ1n) is 11.0. The SMILES string of the molecule is Cc1ccc(C[C@@H](CNC(=O)NC(C)Cc2csc3c2C=CC2CC32)N(C)C)cc1. The first-order chi connectivity index (χ1) is 14.4. The minimum atomic E-state index is -0.0832. The quantitative estimate of drug-likeness (QED) is 0.652. The van der Waals surface area contributed by atoms with E-state index in [1.807, 2.05) is 11.3 Å². The number of carbonyl (C=O) groups is 1. The number of nitrogens with zero attached hydrogens (tertiary/aromatic N) is 1. The highest BCUT2D eigenvalue weighted by Crippen LogP contribution is 2.55. The first-order valence-corrected chi connectivity index (χ1v) is 11.8. The Labute approximate surface area is 184 Å². The molecule has 2 amide bonds. The van der Waals surface area contributed by atoms with E-state index < -0.39 is 0 Å². The van der Waals surface area contributed by atoms with E-state index in [-0.39, 0.29) is 18.1 Å². The van der Waals surface area contributed by atoms with E-state index in [0.717, 1.165) is 24.7 Å². The van der Waals surface area contributed by atoms with Crippen molar-refractivity contribution in [2.45, 2.75) is 51.1 Å². The Bertz CT molecular complexity index is 915. The number of fused-ring (bicyclic) bond motifs is 3. The number of allylic oxidation sites excluding steroid dienone is 1. The molecule has 4 nitrogen and oxygen atoms in total. The number of rotatable bonds is 8. The lowest BCUT2D eigenvalue weighted by atomic mass is 9.99. The molecule has 2 aromatic rings. The summed E-state index contributed by atoms with van der Waals surface area (Å²) < 4.78 is 0. The number of hydrogen-bond donors (Lipinski definition) is 2. The van der Waals surface area contributed by atoms with Gasteiger partial charge in [0.2, 0.25) is 0 Å². The van der Waals surface area contributed by atoms with Crippen LogP contribution in [0.2, 0.25) is 0 Å². The molecule has 4 atom stereocenters. The van der Waals surface area contributed by atoms with Gasteiger partial charge in [0.15, 0.2) is 0 Å². The minimum Gasteiger partial charge on any atom is -0.337 e. The maximum Gasteiger partial charge on any atom is 0.315 e. The molecular formula is C25H33N3OS. The van der Waals surface area contributed by atoms with Gasteiger partial charge in [-0.2, -0.15) is 0 Å². The Kier molecular flexibility index (Phi) is 6.30. The monoisotopic (exact) mass is 423 g/mol. The summed E-state index contributed by atoms with van der Waals surface area (Å²) in [4.78, 5) is 16.2. The van der Waals surface area contributed by atoms with E-state index in [1.165, 1.54) is 28.7 Å². The van der Waals surface area contributed by atoms with E-state index in [9.17, 15) is 4.79 Å². The molecule has 1 fully saturated rings. The van der Waals surface area contributed by atoms with Crippen LogP contribution in [0.3, 0.4) is 0 Å². The molecule has 2 aliphatic rings. The number of benzene rings is 1. The average molecular weight is 424 g/mol. The van der Waals surface area contributed by atoms with Gasteiger partial charge in [-0.05, 0) is 75.2 Å². The second-order valence-corrected chi connectivity index (χ2v) is 10.1. The van der Waals surface area contributed by atoms with Crippen molar-refractivity contribution in [2.75, 3.05) is 20.6 Å². The van der Waals surface area contributed by atoms with Gasteiger partial charge in [0.05, 0.1) is 0 Å². The van der Waals surface area contributed by atoms with Crippen LogP contribution in [0.1, 0.15) is 46.4 Å². The van der Waals surface area contributed by atoms with Crippen LogP contribution in [-0.4, -0.2) is 43.7 Å². The summed E-state index contributed by atoms with van der Waals surface area (Å²) >= 11 is 1.90. The van der Waals surface area contributed by atoms with Crippen molar-refractivity contribution < 1.29 is 4.79 Å². The number of likely N-dealkylation sites (N-methyl/N-ethyl adjacent to an activating group) is 1. The molecule has 1 aromatic heterocycles. The largest absolute Gasteiger partial charge is 0.337 e. The number of thiophene rings is 1. The van der Waals surface area contributed by atoms with E-state index in [2.05, 4.69) is 85.3 Å². The zero-order chi connectivity index (χ0) is 21.3. The number of amides is 2. The Morgan fingerprint density at radius 1 is 1.23 bits per heavy atom. The van der Waals surface area contributed by atoms with Crippen LogP contribution < -0.4 is 10.6 Å². The van der Waals surface area contributed by atoms with Crippen LogP contribution in [0.25, 0.3) is 6.08 Å². The molecule has 4 rings (SSSR count). The highest BCUT2D eigenvalue weighted by molar-refractivity contribution is 7.10. The number of hydrogen-bond acceptors (Lipinski definition) is 3. The van der Waals surface area contributed by atoms with Crippen molar-refractivity contribution >= 4 is 23.4 Å². The lowest BCUT2D eigenvalue weighted by Gasteiger charge is -2.25. The van der Waals surface area contributed by atoms with Gasteiger partial charge >= 0.3 is 6.03 Å². The highest BCUT2D eigenvalue weighted by Gasteiger charge is 2.41. The Morgan fingerprint density at radius 3 is 2.73 bits per heavy atom. The van der Waals surface area contributed by atoms with E-state index in [0.29, 0.717) is 6.54 Å². The predicted octanol–water partition coefficient (Wildman–Crippen LogP) is 4.59. The summed E-state index contributed by atoms with van der Waals surface area (Å²) in [5, 5.41) is 8.49. The van der Waals surface area contributed by atoms with Gasteiger partial charge in [-0.3, -0.25) is 0 Å². The molecular weight excluding hydrogens is 390 g/mol. The molecule has 0 radical (unpaired) electrons. The second-order valence-electron chi connectivity index (χ2n) is 9.17. The minimum absolute atomic E-state index is 0.0832. The summed E-state index contributed by atoms with van der Waals surface area (Å²) in [5.41, 5.74) is 5.35. The maximum atomic E-state index is 12.5. The Hall–Kier alpha value is -2.11. The topological polar surface area (TPSA) is 44.4 Å². The normalized spacial score (nSPS) is 21.0. The van der Waals surface area contributed by atoms with Crippen molar-refractivity contribution in [3.8, 4) is 0 Å². The van der Waals surface area contributed by atoms with Gasteiger partial charge in [-0.15, -0.1) is 11.3 Å². The smallest absolute Gasteiger partial charge is 0.315 e. The Morgan fingerprint density at radius 2 is 2.00 bits per heavy atom. The summed E-state index contributed by atoms with van der Waals surface area (Å²) in [6.07, 6.45) is 7.77. The van der Waals surface area contributed by atoms with Gasteiger partial charge < -0.3 is 15.5 Å². The molecule has 5 heteroatoms. The standard InChI is InChI=1S/C25H33N3OS/c1-16-5-7-18(8-6-16)12-21(28(3)4)14-26-25(29)27-17(2)11-20-15-30-24-22(20)10-9-19-13-23(19)24/h5-10,15,17,19,21,23H,11-14H2,1-4H3,(H2,26,27,29)/t17?,19?,21-,23?/m0/s1. The van der Waals surface area contributed by atoms with E-state index >= 15 is 0 Å². The van der Waals surface area contributed by atoms with Crippen LogP contribution >= 0.6 is 11.3 Å². The molecule has 3 unspecified atom stereocenters. The third-order valence-electron chi connectivity index (χ3n) is 6.35. The fraction of sp³-hybridized carbons (Fsp3) is 0.480. The highest BCUT2D eigenvalue weighted by atomic mass is 32.1. The third-order valence-corrected chi connectivity index (χ3v) is 7.53. The van der Waals surface area contributed by atoms with Crippen molar-refractivity contribution in [3.63, 3.8) is 0 Å². The Balaban J connectivity index is 1.26. The van der Waals surface area contributed by atoms with Crippen LogP contribution in [-0.2, 0) is 12.8 Å². The number of nitrogens with one attached hydrogen (secondary N) is 2. The zero-order valence-electron chi connectivity index (χ0n) is 18.4. The molecule has 0 spiro atoms. The number of aryl methyl sites for hydroxylation is 1. The lowest BCUT2D eigenvalue weighted by Crippen LogP contribution is -2.47. The van der Waals surface area contributed by atoms with Gasteiger partial charge in [0, 0.05) is 29.4 Å². The molecule has 1 saturated carbocycles. The van der Waals surface area contributed by atoms with Crippen molar-refractivity contribution in [2.24, 2.45) is 5.92 Å². The van der Waals surface area contributed by atoms with Gasteiger partial charge in [-0.25, -0.2) is 4.79 Å². The average Bonchev–Trinajstić information content (AvgIpc) is 3.40. The molecule has 2 aliphatic carbocycles. The zero-order valence-corrected chi connectivity index (χ0v) is 19.3. The van der Waals surface area contributed by atoms with Crippen LogP contribution in [0.5, 0.6) is 0 Å². The predicted molar refractivity (Wildman–Crippen MR) is 126 cm³/mol. The van der Waals surface area contributed by atoms with E-state index in [4.69, 9.17) is 0 Å². The van der Waals surface area contributed by atoms with Gasteiger partial charge in [0.25, 0.3) is 0 Å². The molecule has 30 heavy (non-hydrogen) atoms.